The van der Waals surface area contributed by atoms with E-state index >= 15 is 0 Å². The van der Waals surface area contributed by atoms with Gasteiger partial charge in [0.15, 0.2) is 6.23 Å². The van der Waals surface area contributed by atoms with Gasteiger partial charge in [-0.3, -0.25) is 0 Å². The number of hydrogen-bond donors (Lipinski definition) is 5. The Hall–Kier alpha value is -3.37. The van der Waals surface area contributed by atoms with E-state index in [0.717, 1.165) is 17.6 Å². The molecular formula is C29H35FN4O4. The molecule has 38 heavy (non-hydrogen) atoms. The zero-order valence-corrected chi connectivity index (χ0v) is 21.9. The highest BCUT2D eigenvalue weighted by Crippen LogP contribution is 2.36. The first-order chi connectivity index (χ1) is 18.1. The van der Waals surface area contributed by atoms with Crippen LogP contribution in [0.3, 0.4) is 0 Å². The van der Waals surface area contributed by atoms with Gasteiger partial charge in [-0.1, -0.05) is 24.3 Å². The van der Waals surface area contributed by atoms with Crippen LogP contribution in [-0.4, -0.2) is 50.3 Å². The maximum Gasteiger partial charge on any atom is 0.153 e. The fraction of sp³-hybridized carbons (Fsp3) is 0.379. The summed E-state index contributed by atoms with van der Waals surface area (Å²) >= 11 is 0. The van der Waals surface area contributed by atoms with E-state index in [4.69, 9.17) is 10.5 Å². The van der Waals surface area contributed by atoms with Crippen LogP contribution in [0.2, 0.25) is 0 Å². The minimum absolute atomic E-state index is 0.0788. The Labute approximate surface area is 222 Å². The fourth-order valence-corrected chi connectivity index (χ4v) is 4.73. The minimum atomic E-state index is -1.37. The predicted octanol–water partition coefficient (Wildman–Crippen LogP) is 4.27. The molecule has 0 radical (unpaired) electrons. The summed E-state index contributed by atoms with van der Waals surface area (Å²) in [6, 6.07) is 5.26. The monoisotopic (exact) mass is 522 g/mol. The van der Waals surface area contributed by atoms with E-state index in [1.807, 2.05) is 19.1 Å². The lowest BCUT2D eigenvalue weighted by atomic mass is 9.83. The predicted molar refractivity (Wildman–Crippen MR) is 146 cm³/mol. The molecule has 202 valence electrons. The Morgan fingerprint density at radius 2 is 2.11 bits per heavy atom. The lowest BCUT2D eigenvalue weighted by Crippen LogP contribution is -2.32. The van der Waals surface area contributed by atoms with E-state index < -0.39 is 23.6 Å². The van der Waals surface area contributed by atoms with Crippen molar-refractivity contribution >= 4 is 17.6 Å². The number of nitrogens with two attached hydrogens (primary N) is 1. The van der Waals surface area contributed by atoms with Crippen molar-refractivity contribution in [1.82, 2.24) is 9.97 Å². The first-order valence-corrected chi connectivity index (χ1v) is 12.6. The Morgan fingerprint density at radius 3 is 2.76 bits per heavy atom. The Kier molecular flexibility index (Phi) is 8.42. The zero-order valence-electron chi connectivity index (χ0n) is 21.9. The smallest absolute Gasteiger partial charge is 0.153 e. The summed E-state index contributed by atoms with van der Waals surface area (Å²) < 4.78 is 20.3. The van der Waals surface area contributed by atoms with Gasteiger partial charge in [-0.15, -0.1) is 0 Å². The normalized spacial score (nSPS) is 19.4. The number of aliphatic hydroxyl groups is 3. The number of rotatable bonds is 8. The van der Waals surface area contributed by atoms with Gasteiger partial charge in [0.05, 0.1) is 31.1 Å². The van der Waals surface area contributed by atoms with Gasteiger partial charge in [-0.25, -0.2) is 14.4 Å². The molecule has 0 saturated carbocycles. The highest BCUT2D eigenvalue weighted by molar-refractivity contribution is 5.83. The molecule has 2 aromatic rings. The van der Waals surface area contributed by atoms with Crippen LogP contribution < -0.4 is 11.1 Å². The number of nitrogens with one attached hydrogen (secondary N) is 1. The number of ether oxygens (including phenoxy) is 1. The molecule has 1 aromatic heterocycles. The van der Waals surface area contributed by atoms with Crippen molar-refractivity contribution in [3.05, 3.63) is 76.4 Å². The van der Waals surface area contributed by atoms with Crippen molar-refractivity contribution in [1.29, 1.82) is 0 Å². The van der Waals surface area contributed by atoms with E-state index in [0.29, 0.717) is 53.5 Å². The maximum absolute atomic E-state index is 14.9. The van der Waals surface area contributed by atoms with E-state index in [-0.39, 0.29) is 12.2 Å². The van der Waals surface area contributed by atoms with Crippen LogP contribution in [0, 0.1) is 5.92 Å². The van der Waals surface area contributed by atoms with Gasteiger partial charge in [0.25, 0.3) is 0 Å². The third kappa shape index (κ3) is 6.02. The number of benzene rings is 1. The van der Waals surface area contributed by atoms with Crippen LogP contribution in [-0.2, 0) is 11.3 Å². The molecule has 0 bridgehead atoms. The number of aromatic nitrogens is 2. The second-order valence-corrected chi connectivity index (χ2v) is 10.1. The number of nitrogen functional groups attached to an aromatic ring is 1. The van der Waals surface area contributed by atoms with Crippen molar-refractivity contribution in [2.45, 2.75) is 52.0 Å². The molecule has 0 saturated heterocycles. The highest BCUT2D eigenvalue weighted by Gasteiger charge is 2.30. The summed E-state index contributed by atoms with van der Waals surface area (Å²) in [5.74, 6) is -0.700. The topological polar surface area (TPSA) is 134 Å². The van der Waals surface area contributed by atoms with E-state index in [9.17, 15) is 19.7 Å². The second-order valence-electron chi connectivity index (χ2n) is 10.1. The largest absolute Gasteiger partial charge is 0.392 e. The first-order valence-electron chi connectivity index (χ1n) is 12.6. The van der Waals surface area contributed by atoms with Crippen LogP contribution in [0.15, 0.2) is 65.3 Å². The summed E-state index contributed by atoms with van der Waals surface area (Å²) in [5, 5.41) is 34.3. The van der Waals surface area contributed by atoms with Gasteiger partial charge in [0.1, 0.15) is 18.0 Å². The molecule has 2 unspecified atom stereocenters. The van der Waals surface area contributed by atoms with Crippen molar-refractivity contribution in [2.24, 2.45) is 5.92 Å². The SMILES string of the molecule is C/C(=C\c1c(N)ncnc1-c1cccc(NC(O)C2=CCC(C(C)(C)O)C=C2F)c1CO)C1=CCOCC1. The van der Waals surface area contributed by atoms with Gasteiger partial charge in [0, 0.05) is 33.9 Å². The average Bonchev–Trinajstić information content (AvgIpc) is 2.89. The van der Waals surface area contributed by atoms with Crippen molar-refractivity contribution < 1.29 is 24.4 Å². The van der Waals surface area contributed by atoms with Crippen molar-refractivity contribution in [3.63, 3.8) is 0 Å². The molecule has 4 rings (SSSR count). The molecule has 0 amide bonds. The molecule has 0 spiro atoms. The van der Waals surface area contributed by atoms with E-state index in [1.54, 1.807) is 38.1 Å². The molecule has 6 N–H and O–H groups in total. The zero-order chi connectivity index (χ0) is 27.4. The third-order valence-corrected chi connectivity index (χ3v) is 7.04. The molecule has 2 atom stereocenters. The van der Waals surface area contributed by atoms with Crippen LogP contribution in [0.25, 0.3) is 17.3 Å². The van der Waals surface area contributed by atoms with Crippen molar-refractivity contribution in [2.75, 3.05) is 24.3 Å². The number of hydrogen-bond acceptors (Lipinski definition) is 8. The number of anilines is 2. The summed E-state index contributed by atoms with van der Waals surface area (Å²) in [6.07, 6.45) is 8.07. The number of nitrogens with zero attached hydrogens (tertiary/aromatic N) is 2. The number of halogens is 1. The molecule has 8 nitrogen and oxygen atoms in total. The maximum atomic E-state index is 14.9. The lowest BCUT2D eigenvalue weighted by molar-refractivity contribution is 0.0362. The Balaban J connectivity index is 1.67. The highest BCUT2D eigenvalue weighted by atomic mass is 19.1. The standard InChI is InChI=1S/C29H35FN4O4/c1-17(18-9-11-38-12-10-18)13-22-26(32-16-33-27(22)31)20-5-4-6-25(23(20)15-35)34-28(36)21-8-7-19(14-24(21)30)29(2,3)37/h4-6,8-9,13-14,16,19,28,34-37H,7,10-12,15H2,1-3H3,(H2,31,32,33)/b17-13+. The average molecular weight is 523 g/mol. The molecule has 0 fully saturated rings. The second kappa shape index (κ2) is 11.6. The van der Waals surface area contributed by atoms with E-state index in [1.165, 1.54) is 12.4 Å². The lowest BCUT2D eigenvalue weighted by Gasteiger charge is -2.30. The molecule has 1 aliphatic heterocycles. The quantitative estimate of drug-likeness (QED) is 0.325. The van der Waals surface area contributed by atoms with Gasteiger partial charge >= 0.3 is 0 Å². The Morgan fingerprint density at radius 1 is 1.32 bits per heavy atom. The van der Waals surface area contributed by atoms with Gasteiger partial charge in [0.2, 0.25) is 0 Å². The summed E-state index contributed by atoms with van der Waals surface area (Å²) in [6.45, 7) is 6.09. The molecule has 9 heteroatoms. The van der Waals surface area contributed by atoms with Crippen LogP contribution >= 0.6 is 0 Å². The molecule has 2 heterocycles. The minimum Gasteiger partial charge on any atom is -0.392 e. The molecular weight excluding hydrogens is 487 g/mol. The van der Waals surface area contributed by atoms with Crippen LogP contribution in [0.4, 0.5) is 15.9 Å². The third-order valence-electron chi connectivity index (χ3n) is 7.04. The van der Waals surface area contributed by atoms with Gasteiger partial charge in [-0.2, -0.15) is 0 Å². The van der Waals surface area contributed by atoms with Gasteiger partial charge in [-0.05, 0) is 63.0 Å². The number of allylic oxidation sites excluding steroid dienone is 2. The number of aliphatic hydroxyl groups excluding tert-OH is 2. The molecule has 1 aliphatic carbocycles. The van der Waals surface area contributed by atoms with E-state index in [2.05, 4.69) is 15.3 Å². The van der Waals surface area contributed by atoms with Crippen LogP contribution in [0.1, 0.15) is 44.7 Å². The molecule has 2 aliphatic rings. The van der Waals surface area contributed by atoms with Gasteiger partial charge < -0.3 is 31.1 Å². The molecule has 1 aromatic carbocycles. The Bertz CT molecular complexity index is 1310. The fourth-order valence-electron chi connectivity index (χ4n) is 4.73. The first kappa shape index (κ1) is 27.7. The summed E-state index contributed by atoms with van der Waals surface area (Å²) in [4.78, 5) is 8.65. The summed E-state index contributed by atoms with van der Waals surface area (Å²) in [7, 11) is 0. The summed E-state index contributed by atoms with van der Waals surface area (Å²) in [5.41, 5.74) is 10.1. The van der Waals surface area contributed by atoms with Crippen LogP contribution in [0.5, 0.6) is 0 Å². The van der Waals surface area contributed by atoms with Crippen molar-refractivity contribution in [3.8, 4) is 11.3 Å².